The van der Waals surface area contributed by atoms with Gasteiger partial charge in [0, 0.05) is 38.2 Å². The second-order valence-electron chi connectivity index (χ2n) is 6.69. The van der Waals surface area contributed by atoms with Crippen molar-refractivity contribution >= 4 is 27.7 Å². The van der Waals surface area contributed by atoms with Crippen LogP contribution in [-0.2, 0) is 15.0 Å². The molecule has 1 N–H and O–H groups in total. The Balaban J connectivity index is 1.81. The minimum absolute atomic E-state index is 0.0478. The predicted octanol–water partition coefficient (Wildman–Crippen LogP) is 1.72. The van der Waals surface area contributed by atoms with Gasteiger partial charge in [0.1, 0.15) is 5.75 Å². The molecule has 146 valence electrons. The van der Waals surface area contributed by atoms with Crippen molar-refractivity contribution in [2.24, 2.45) is 0 Å². The van der Waals surface area contributed by atoms with Crippen LogP contribution >= 0.6 is 11.6 Å². The van der Waals surface area contributed by atoms with Crippen LogP contribution in [0.15, 0.2) is 12.1 Å². The van der Waals surface area contributed by atoms with Crippen molar-refractivity contribution in [3.63, 3.8) is 0 Å². The summed E-state index contributed by atoms with van der Waals surface area (Å²) in [5.41, 5.74) is 1.80. The van der Waals surface area contributed by atoms with Gasteiger partial charge in [0.05, 0.1) is 0 Å². The molecule has 1 saturated heterocycles. The molecular formula is C17H26ClN3O4S. The lowest BCUT2D eigenvalue weighted by atomic mass is 10.1. The topological polar surface area (TPSA) is 79.0 Å². The highest BCUT2D eigenvalue weighted by molar-refractivity contribution is 7.86. The van der Waals surface area contributed by atoms with Crippen LogP contribution in [-0.4, -0.2) is 62.8 Å². The van der Waals surface area contributed by atoms with Crippen molar-refractivity contribution < 1.29 is 17.9 Å². The maximum atomic E-state index is 12.1. The van der Waals surface area contributed by atoms with E-state index in [-0.39, 0.29) is 18.6 Å². The summed E-state index contributed by atoms with van der Waals surface area (Å²) >= 11 is 6.12. The number of hydrogen-bond donors (Lipinski definition) is 1. The summed E-state index contributed by atoms with van der Waals surface area (Å²) in [6.45, 7) is 4.47. The van der Waals surface area contributed by atoms with Crippen molar-refractivity contribution in [1.29, 1.82) is 0 Å². The number of ether oxygens (including phenoxy) is 1. The molecule has 0 spiro atoms. The van der Waals surface area contributed by atoms with Gasteiger partial charge < -0.3 is 10.1 Å². The number of nitrogens with zero attached hydrogens (tertiary/aromatic N) is 2. The Morgan fingerprint density at radius 1 is 1.27 bits per heavy atom. The zero-order valence-corrected chi connectivity index (χ0v) is 17.2. The largest absolute Gasteiger partial charge is 0.484 e. The van der Waals surface area contributed by atoms with Gasteiger partial charge in [-0.05, 0) is 49.9 Å². The molecule has 0 aliphatic carbocycles. The number of halogens is 1. The second-order valence-corrected chi connectivity index (χ2v) is 9.21. The number of amides is 1. The molecule has 1 aliphatic rings. The first-order valence-corrected chi connectivity index (χ1v) is 10.2. The lowest BCUT2D eigenvalue weighted by Gasteiger charge is -2.33. The van der Waals surface area contributed by atoms with Gasteiger partial charge in [-0.3, -0.25) is 4.79 Å². The quantitative estimate of drug-likeness (QED) is 0.784. The van der Waals surface area contributed by atoms with Gasteiger partial charge in [-0.25, -0.2) is 0 Å². The van der Waals surface area contributed by atoms with Gasteiger partial charge in [-0.2, -0.15) is 17.0 Å². The Bertz CT molecular complexity index is 736. The summed E-state index contributed by atoms with van der Waals surface area (Å²) in [5, 5.41) is 3.60. The molecule has 0 aromatic heterocycles. The molecular weight excluding hydrogens is 378 g/mol. The average molecular weight is 404 g/mol. The zero-order chi connectivity index (χ0) is 19.5. The molecule has 2 rings (SSSR count). The van der Waals surface area contributed by atoms with Gasteiger partial charge in [-0.15, -0.1) is 0 Å². The Hall–Kier alpha value is -1.35. The van der Waals surface area contributed by atoms with E-state index in [0.717, 1.165) is 11.1 Å². The summed E-state index contributed by atoms with van der Waals surface area (Å²) < 4.78 is 32.4. The molecule has 0 atom stereocenters. The average Bonchev–Trinajstić information content (AvgIpc) is 2.58. The fourth-order valence-corrected chi connectivity index (χ4v) is 4.11. The number of carbonyl (C=O) groups excluding carboxylic acids is 1. The molecule has 9 heteroatoms. The van der Waals surface area contributed by atoms with E-state index < -0.39 is 10.2 Å². The summed E-state index contributed by atoms with van der Waals surface area (Å²) in [6, 6.07) is 3.55. The number of nitrogens with one attached hydrogen (secondary N) is 1. The number of benzene rings is 1. The SMILES string of the molecule is Cc1cc(OCC(=O)NC2CCN(S(=O)(=O)N(C)C)CC2)cc(C)c1Cl. The highest BCUT2D eigenvalue weighted by Crippen LogP contribution is 2.25. The Morgan fingerprint density at radius 2 is 1.81 bits per heavy atom. The number of aryl methyl sites for hydroxylation is 2. The molecule has 26 heavy (non-hydrogen) atoms. The standard InChI is InChI=1S/C17H26ClN3O4S/c1-12-9-15(10-13(2)17(12)18)25-11-16(22)19-14-5-7-21(8-6-14)26(23,24)20(3)4/h9-10,14H,5-8,11H2,1-4H3,(H,19,22). The van der Waals surface area contributed by atoms with E-state index in [1.807, 2.05) is 13.8 Å². The maximum absolute atomic E-state index is 12.1. The van der Waals surface area contributed by atoms with Gasteiger partial charge in [0.15, 0.2) is 6.61 Å². The normalized spacial score (nSPS) is 16.7. The van der Waals surface area contributed by atoms with Gasteiger partial charge in [0.2, 0.25) is 0 Å². The summed E-state index contributed by atoms with van der Waals surface area (Å²) in [5.74, 6) is 0.385. The van der Waals surface area contributed by atoms with E-state index in [1.54, 1.807) is 12.1 Å². The third kappa shape index (κ3) is 5.09. The molecule has 1 aliphatic heterocycles. The Labute approximate surface area is 160 Å². The zero-order valence-electron chi connectivity index (χ0n) is 15.6. The first-order chi connectivity index (χ1) is 12.1. The third-order valence-corrected chi connectivity index (χ3v) is 6.92. The first-order valence-electron chi connectivity index (χ1n) is 8.47. The van der Waals surface area contributed by atoms with Crippen molar-refractivity contribution in [3.8, 4) is 5.75 Å². The molecule has 0 radical (unpaired) electrons. The van der Waals surface area contributed by atoms with E-state index in [0.29, 0.717) is 36.7 Å². The van der Waals surface area contributed by atoms with E-state index >= 15 is 0 Å². The van der Waals surface area contributed by atoms with Crippen LogP contribution in [0.5, 0.6) is 5.75 Å². The van der Waals surface area contributed by atoms with Crippen molar-refractivity contribution in [1.82, 2.24) is 13.9 Å². The van der Waals surface area contributed by atoms with Crippen molar-refractivity contribution in [2.45, 2.75) is 32.7 Å². The summed E-state index contributed by atoms with van der Waals surface area (Å²) in [4.78, 5) is 12.1. The second kappa shape index (κ2) is 8.56. The van der Waals surface area contributed by atoms with Crippen LogP contribution in [0.25, 0.3) is 0 Å². The van der Waals surface area contributed by atoms with Gasteiger partial charge in [0.25, 0.3) is 16.1 Å². The molecule has 0 unspecified atom stereocenters. The number of hydrogen-bond acceptors (Lipinski definition) is 4. The highest BCUT2D eigenvalue weighted by Gasteiger charge is 2.30. The maximum Gasteiger partial charge on any atom is 0.281 e. The van der Waals surface area contributed by atoms with Crippen LogP contribution in [0.2, 0.25) is 5.02 Å². The first kappa shape index (κ1) is 21.0. The highest BCUT2D eigenvalue weighted by atomic mass is 35.5. The van der Waals surface area contributed by atoms with Crippen LogP contribution in [0.1, 0.15) is 24.0 Å². The van der Waals surface area contributed by atoms with Crippen molar-refractivity contribution in [3.05, 3.63) is 28.3 Å². The fraction of sp³-hybridized carbons (Fsp3) is 0.588. The van der Waals surface area contributed by atoms with Crippen LogP contribution < -0.4 is 10.1 Å². The lowest BCUT2D eigenvalue weighted by molar-refractivity contribution is -0.124. The van der Waals surface area contributed by atoms with Crippen LogP contribution in [0.4, 0.5) is 0 Å². The van der Waals surface area contributed by atoms with Crippen LogP contribution in [0, 0.1) is 13.8 Å². The Morgan fingerprint density at radius 3 is 2.31 bits per heavy atom. The number of piperidine rings is 1. The minimum atomic E-state index is -3.39. The van der Waals surface area contributed by atoms with E-state index in [1.165, 1.54) is 22.7 Å². The fourth-order valence-electron chi connectivity index (χ4n) is 2.87. The molecule has 1 fully saturated rings. The predicted molar refractivity (Wildman–Crippen MR) is 102 cm³/mol. The number of rotatable bonds is 6. The molecule has 0 saturated carbocycles. The Kier molecular flexibility index (Phi) is 6.90. The smallest absolute Gasteiger partial charge is 0.281 e. The van der Waals surface area contributed by atoms with Gasteiger partial charge >= 0.3 is 0 Å². The van der Waals surface area contributed by atoms with Gasteiger partial charge in [-0.1, -0.05) is 11.6 Å². The van der Waals surface area contributed by atoms with E-state index in [4.69, 9.17) is 16.3 Å². The lowest BCUT2D eigenvalue weighted by Crippen LogP contribution is -2.49. The van der Waals surface area contributed by atoms with Crippen molar-refractivity contribution in [2.75, 3.05) is 33.8 Å². The minimum Gasteiger partial charge on any atom is -0.484 e. The molecule has 1 heterocycles. The molecule has 1 amide bonds. The molecule has 1 aromatic carbocycles. The summed E-state index contributed by atoms with van der Waals surface area (Å²) in [6.07, 6.45) is 1.16. The molecule has 7 nitrogen and oxygen atoms in total. The molecule has 1 aromatic rings. The number of carbonyl (C=O) groups is 1. The van der Waals surface area contributed by atoms with Crippen LogP contribution in [0.3, 0.4) is 0 Å². The monoisotopic (exact) mass is 403 g/mol. The van der Waals surface area contributed by atoms with E-state index in [2.05, 4.69) is 5.32 Å². The third-order valence-electron chi connectivity index (χ3n) is 4.39. The summed E-state index contributed by atoms with van der Waals surface area (Å²) in [7, 11) is -0.362. The molecule has 0 bridgehead atoms. The van der Waals surface area contributed by atoms with E-state index in [9.17, 15) is 13.2 Å².